The molecule has 0 aliphatic rings. The molecule has 1 N–H and O–H groups in total. The van der Waals surface area contributed by atoms with E-state index in [1.807, 2.05) is 6.92 Å². The van der Waals surface area contributed by atoms with Gasteiger partial charge in [-0.3, -0.25) is 4.79 Å². The Kier molecular flexibility index (Phi) is 7.62. The molecule has 124 valence electrons. The van der Waals surface area contributed by atoms with Gasteiger partial charge in [-0.15, -0.1) is 0 Å². The maximum atomic E-state index is 12.0. The average Bonchev–Trinajstić information content (AvgIpc) is 2.41. The van der Waals surface area contributed by atoms with E-state index in [0.29, 0.717) is 22.3 Å². The summed E-state index contributed by atoms with van der Waals surface area (Å²) in [6, 6.07) is 4.69. The zero-order valence-electron chi connectivity index (χ0n) is 12.6. The van der Waals surface area contributed by atoms with Crippen LogP contribution in [0.25, 0.3) is 0 Å². The molecule has 0 aromatic heterocycles. The number of benzene rings is 1. The third kappa shape index (κ3) is 6.52. The molecule has 1 aromatic rings. The molecule has 0 saturated carbocycles. The van der Waals surface area contributed by atoms with Crippen molar-refractivity contribution < 1.29 is 13.2 Å². The normalized spacial score (nSPS) is 11.7. The number of hydrogen-bond acceptors (Lipinski definition) is 3. The van der Waals surface area contributed by atoms with Crippen LogP contribution in [0.5, 0.6) is 0 Å². The van der Waals surface area contributed by atoms with Crippen LogP contribution in [0.3, 0.4) is 0 Å². The van der Waals surface area contributed by atoms with Crippen LogP contribution in [0.4, 0.5) is 5.69 Å². The molecule has 1 aromatic carbocycles. The Hall–Kier alpha value is -0.820. The Morgan fingerprint density at radius 1 is 1.23 bits per heavy atom. The van der Waals surface area contributed by atoms with Crippen LogP contribution in [0.1, 0.15) is 26.2 Å². The first-order valence-corrected chi connectivity index (χ1v) is 9.54. The lowest BCUT2D eigenvalue weighted by molar-refractivity contribution is -0.116. The van der Waals surface area contributed by atoms with Gasteiger partial charge in [0, 0.05) is 12.2 Å². The summed E-state index contributed by atoms with van der Waals surface area (Å²) >= 11 is 11.7. The fourth-order valence-corrected chi connectivity index (χ4v) is 2.95. The number of rotatable bonds is 8. The third-order valence-corrected chi connectivity index (χ3v) is 4.99. The van der Waals surface area contributed by atoms with Gasteiger partial charge in [0.1, 0.15) is 0 Å². The number of carbonyl (C=O) groups is 1. The molecule has 0 radical (unpaired) electrons. The molecule has 8 heteroatoms. The van der Waals surface area contributed by atoms with Crippen LogP contribution in [-0.2, 0) is 14.8 Å². The maximum absolute atomic E-state index is 12.0. The van der Waals surface area contributed by atoms with E-state index >= 15 is 0 Å². The predicted molar refractivity (Wildman–Crippen MR) is 91.0 cm³/mol. The molecule has 0 bridgehead atoms. The number of nitrogens with one attached hydrogen (secondary N) is 1. The molecule has 0 unspecified atom stereocenters. The predicted octanol–water partition coefficient (Wildman–Crippen LogP) is 3.38. The average molecular weight is 367 g/mol. The van der Waals surface area contributed by atoms with Crippen LogP contribution < -0.4 is 5.32 Å². The van der Waals surface area contributed by atoms with Gasteiger partial charge in [-0.25, -0.2) is 8.42 Å². The van der Waals surface area contributed by atoms with Gasteiger partial charge in [0.25, 0.3) is 0 Å². The van der Waals surface area contributed by atoms with Crippen molar-refractivity contribution in [3.05, 3.63) is 28.2 Å². The molecular weight excluding hydrogens is 347 g/mol. The van der Waals surface area contributed by atoms with E-state index in [4.69, 9.17) is 23.2 Å². The molecule has 0 fully saturated rings. The number of halogens is 2. The first-order chi connectivity index (χ1) is 10.2. The van der Waals surface area contributed by atoms with Crippen LogP contribution in [0.15, 0.2) is 18.2 Å². The summed E-state index contributed by atoms with van der Waals surface area (Å²) in [5.74, 6) is -0.416. The van der Waals surface area contributed by atoms with Gasteiger partial charge in [-0.05, 0) is 24.6 Å². The largest absolute Gasteiger partial charge is 0.325 e. The van der Waals surface area contributed by atoms with Crippen LogP contribution >= 0.6 is 23.2 Å². The standard InChI is InChI=1S/C14H20Cl2N2O3S/c1-3-4-5-8-18(22(2,20)21)10-14(19)17-11-6-7-12(15)13(16)9-11/h6-7,9H,3-5,8,10H2,1-2H3,(H,17,19). The van der Waals surface area contributed by atoms with Crippen molar-refractivity contribution in [3.63, 3.8) is 0 Å². The summed E-state index contributed by atoms with van der Waals surface area (Å²) in [4.78, 5) is 12.0. The van der Waals surface area contributed by atoms with E-state index in [9.17, 15) is 13.2 Å². The second-order valence-electron chi connectivity index (χ2n) is 4.98. The SMILES string of the molecule is CCCCCN(CC(=O)Nc1ccc(Cl)c(Cl)c1)S(C)(=O)=O. The van der Waals surface area contributed by atoms with Gasteiger partial charge < -0.3 is 5.32 Å². The zero-order chi connectivity index (χ0) is 16.8. The first kappa shape index (κ1) is 19.2. The Labute approximate surface area is 141 Å². The Balaban J connectivity index is 2.68. The van der Waals surface area contributed by atoms with Crippen LogP contribution in [0, 0.1) is 0 Å². The summed E-state index contributed by atoms with van der Waals surface area (Å²) in [5, 5.41) is 3.32. The van der Waals surface area contributed by atoms with Crippen molar-refractivity contribution in [2.24, 2.45) is 0 Å². The third-order valence-electron chi connectivity index (χ3n) is 3.00. The van der Waals surface area contributed by atoms with E-state index in [-0.39, 0.29) is 6.54 Å². The molecule has 0 atom stereocenters. The number of sulfonamides is 1. The number of hydrogen-bond donors (Lipinski definition) is 1. The fourth-order valence-electron chi connectivity index (χ4n) is 1.83. The van der Waals surface area contributed by atoms with Crippen LogP contribution in [0.2, 0.25) is 10.0 Å². The molecule has 5 nitrogen and oxygen atoms in total. The van der Waals surface area contributed by atoms with Crippen molar-refractivity contribution in [1.29, 1.82) is 0 Å². The van der Waals surface area contributed by atoms with E-state index in [1.54, 1.807) is 12.1 Å². The highest BCUT2D eigenvalue weighted by molar-refractivity contribution is 7.88. The van der Waals surface area contributed by atoms with Gasteiger partial charge in [-0.1, -0.05) is 43.0 Å². The van der Waals surface area contributed by atoms with Gasteiger partial charge in [0.15, 0.2) is 0 Å². The lowest BCUT2D eigenvalue weighted by atomic mass is 10.2. The van der Waals surface area contributed by atoms with Gasteiger partial charge in [-0.2, -0.15) is 4.31 Å². The molecule has 0 aliphatic carbocycles. The first-order valence-electron chi connectivity index (χ1n) is 6.94. The minimum Gasteiger partial charge on any atom is -0.325 e. The summed E-state index contributed by atoms with van der Waals surface area (Å²) in [5.41, 5.74) is 0.474. The number of nitrogens with zero attached hydrogens (tertiary/aromatic N) is 1. The molecular formula is C14H20Cl2N2O3S. The number of amides is 1. The lowest BCUT2D eigenvalue weighted by Gasteiger charge is -2.19. The zero-order valence-corrected chi connectivity index (χ0v) is 14.9. The van der Waals surface area contributed by atoms with Crippen molar-refractivity contribution in [1.82, 2.24) is 4.31 Å². The summed E-state index contributed by atoms with van der Waals surface area (Å²) in [6.45, 7) is 2.14. The highest BCUT2D eigenvalue weighted by Crippen LogP contribution is 2.24. The van der Waals surface area contributed by atoms with E-state index in [1.165, 1.54) is 10.4 Å². The molecule has 0 saturated heterocycles. The topological polar surface area (TPSA) is 66.5 Å². The summed E-state index contributed by atoms with van der Waals surface area (Å²) < 4.78 is 24.6. The van der Waals surface area contributed by atoms with E-state index < -0.39 is 15.9 Å². The second-order valence-corrected chi connectivity index (χ2v) is 7.78. The van der Waals surface area contributed by atoms with Crippen LogP contribution in [-0.4, -0.2) is 38.0 Å². The lowest BCUT2D eigenvalue weighted by Crippen LogP contribution is -2.38. The Morgan fingerprint density at radius 3 is 2.45 bits per heavy atom. The van der Waals surface area contributed by atoms with Crippen molar-refractivity contribution in [3.8, 4) is 0 Å². The van der Waals surface area contributed by atoms with E-state index in [2.05, 4.69) is 5.32 Å². The van der Waals surface area contributed by atoms with E-state index in [0.717, 1.165) is 25.5 Å². The highest BCUT2D eigenvalue weighted by atomic mass is 35.5. The molecule has 1 amide bonds. The Bertz CT molecular complexity index is 621. The van der Waals surface area contributed by atoms with Crippen molar-refractivity contribution in [2.75, 3.05) is 24.7 Å². The molecule has 0 spiro atoms. The smallest absolute Gasteiger partial charge is 0.239 e. The van der Waals surface area contributed by atoms with Gasteiger partial charge in [0.2, 0.25) is 15.9 Å². The quantitative estimate of drug-likeness (QED) is 0.717. The monoisotopic (exact) mass is 366 g/mol. The maximum Gasteiger partial charge on any atom is 0.239 e. The fraction of sp³-hybridized carbons (Fsp3) is 0.500. The number of unbranched alkanes of at least 4 members (excludes halogenated alkanes) is 2. The molecule has 22 heavy (non-hydrogen) atoms. The second kappa shape index (κ2) is 8.72. The molecule has 1 rings (SSSR count). The van der Waals surface area contributed by atoms with Crippen molar-refractivity contribution >= 4 is 44.8 Å². The van der Waals surface area contributed by atoms with Gasteiger partial charge in [0.05, 0.1) is 22.8 Å². The number of anilines is 1. The number of carbonyl (C=O) groups excluding carboxylic acids is 1. The Morgan fingerprint density at radius 2 is 1.91 bits per heavy atom. The van der Waals surface area contributed by atoms with Gasteiger partial charge >= 0.3 is 0 Å². The van der Waals surface area contributed by atoms with Crippen molar-refractivity contribution in [2.45, 2.75) is 26.2 Å². The summed E-state index contributed by atoms with van der Waals surface area (Å²) in [6.07, 6.45) is 3.72. The minimum atomic E-state index is -3.42. The summed E-state index contributed by atoms with van der Waals surface area (Å²) in [7, 11) is -3.42. The minimum absolute atomic E-state index is 0.219. The molecule has 0 heterocycles. The molecule has 0 aliphatic heterocycles. The highest BCUT2D eigenvalue weighted by Gasteiger charge is 2.19.